The lowest BCUT2D eigenvalue weighted by atomic mass is 9.97. The molecule has 3 heteroatoms. The van der Waals surface area contributed by atoms with Crippen LogP contribution >= 0.6 is 0 Å². The molecule has 0 saturated heterocycles. The number of anilines is 1. The van der Waals surface area contributed by atoms with Crippen molar-refractivity contribution in [1.82, 2.24) is 0 Å². The molecule has 3 rings (SSSR count). The summed E-state index contributed by atoms with van der Waals surface area (Å²) in [4.78, 5) is 14.5. The van der Waals surface area contributed by atoms with E-state index in [1.54, 1.807) is 0 Å². The normalized spacial score (nSPS) is 17.2. The van der Waals surface area contributed by atoms with Crippen LogP contribution in [0.5, 0.6) is 0 Å². The second kappa shape index (κ2) is 6.32. The third-order valence-corrected chi connectivity index (χ3v) is 4.35. The Labute approximate surface area is 131 Å². The molecular formula is C19H22N2O. The molecule has 0 radical (unpaired) electrons. The quantitative estimate of drug-likeness (QED) is 0.946. The van der Waals surface area contributed by atoms with Gasteiger partial charge in [0.1, 0.15) is 0 Å². The second-order valence-electron chi connectivity index (χ2n) is 6.02. The van der Waals surface area contributed by atoms with Gasteiger partial charge in [0.25, 0.3) is 0 Å². The lowest BCUT2D eigenvalue weighted by molar-refractivity contribution is -0.118. The van der Waals surface area contributed by atoms with Crippen LogP contribution in [0.15, 0.2) is 48.5 Å². The molecule has 22 heavy (non-hydrogen) atoms. The molecule has 3 nitrogen and oxygen atoms in total. The van der Waals surface area contributed by atoms with Gasteiger partial charge in [-0.05, 0) is 42.5 Å². The molecule has 2 aromatic rings. The zero-order valence-electron chi connectivity index (χ0n) is 13.0. The Morgan fingerprint density at radius 3 is 2.73 bits per heavy atom. The maximum absolute atomic E-state index is 12.7. The van der Waals surface area contributed by atoms with Gasteiger partial charge in [-0.2, -0.15) is 0 Å². The van der Waals surface area contributed by atoms with Crippen molar-refractivity contribution in [3.63, 3.8) is 0 Å². The average molecular weight is 294 g/mol. The maximum Gasteiger partial charge on any atom is 0.227 e. The van der Waals surface area contributed by atoms with Gasteiger partial charge in [0.05, 0.1) is 0 Å². The van der Waals surface area contributed by atoms with Gasteiger partial charge in [-0.15, -0.1) is 0 Å². The minimum absolute atomic E-state index is 0.0253. The van der Waals surface area contributed by atoms with E-state index in [1.165, 1.54) is 16.7 Å². The number of carbonyl (C=O) groups excluding carboxylic acids is 1. The first-order valence-electron chi connectivity index (χ1n) is 7.83. The summed E-state index contributed by atoms with van der Waals surface area (Å²) in [6.07, 6.45) is 2.14. The first-order chi connectivity index (χ1) is 10.6. The number of nitrogens with two attached hydrogens (primary N) is 1. The molecule has 1 aliphatic heterocycles. The van der Waals surface area contributed by atoms with Gasteiger partial charge in [0, 0.05) is 24.7 Å². The molecule has 1 aliphatic rings. The lowest BCUT2D eigenvalue weighted by Crippen LogP contribution is -2.46. The fourth-order valence-corrected chi connectivity index (χ4v) is 3.13. The molecule has 1 amide bonds. The summed E-state index contributed by atoms with van der Waals surface area (Å²) < 4.78 is 0. The fraction of sp³-hybridized carbons (Fsp3) is 0.316. The van der Waals surface area contributed by atoms with Crippen molar-refractivity contribution in [2.45, 2.75) is 32.2 Å². The van der Waals surface area contributed by atoms with Crippen molar-refractivity contribution in [1.29, 1.82) is 0 Å². The van der Waals surface area contributed by atoms with Crippen LogP contribution in [0.2, 0.25) is 0 Å². The maximum atomic E-state index is 12.7. The molecule has 0 fully saturated rings. The van der Waals surface area contributed by atoms with E-state index in [4.69, 9.17) is 5.73 Å². The zero-order chi connectivity index (χ0) is 15.5. The van der Waals surface area contributed by atoms with Crippen LogP contribution in [0.25, 0.3) is 0 Å². The Bertz CT molecular complexity index is 681. The van der Waals surface area contributed by atoms with Crippen molar-refractivity contribution < 1.29 is 4.79 Å². The molecule has 0 aromatic heterocycles. The highest BCUT2D eigenvalue weighted by molar-refractivity contribution is 5.94. The first kappa shape index (κ1) is 14.8. The molecule has 2 N–H and O–H groups in total. The average Bonchev–Trinajstić information content (AvgIpc) is 2.53. The Kier molecular flexibility index (Phi) is 4.25. The van der Waals surface area contributed by atoms with Gasteiger partial charge < -0.3 is 10.6 Å². The number of rotatable bonds is 3. The summed E-state index contributed by atoms with van der Waals surface area (Å²) in [5.41, 5.74) is 10.8. The summed E-state index contributed by atoms with van der Waals surface area (Å²) in [7, 11) is 0. The van der Waals surface area contributed by atoms with Crippen LogP contribution in [0, 0.1) is 6.92 Å². The summed E-state index contributed by atoms with van der Waals surface area (Å²) in [6.45, 7) is 2.70. The minimum atomic E-state index is 0.0253. The van der Waals surface area contributed by atoms with E-state index in [2.05, 4.69) is 25.1 Å². The molecule has 0 bridgehead atoms. The van der Waals surface area contributed by atoms with E-state index in [0.29, 0.717) is 13.0 Å². The second-order valence-corrected chi connectivity index (χ2v) is 6.02. The number of hydrogen-bond donors (Lipinski definition) is 1. The molecule has 0 aliphatic carbocycles. The Morgan fingerprint density at radius 2 is 1.91 bits per heavy atom. The highest BCUT2D eigenvalue weighted by Crippen LogP contribution is 2.27. The number of amides is 1. The van der Waals surface area contributed by atoms with Gasteiger partial charge in [-0.1, -0.05) is 42.5 Å². The standard InChI is InChI=1S/C19H22N2O/c1-14-6-2-3-7-15(14)10-11-19(22)21-13-17(20)12-16-8-4-5-9-18(16)21/h2-9,17H,10-13,20H2,1H3. The van der Waals surface area contributed by atoms with E-state index in [0.717, 1.165) is 18.5 Å². The van der Waals surface area contributed by atoms with E-state index >= 15 is 0 Å². The molecule has 0 spiro atoms. The van der Waals surface area contributed by atoms with Crippen molar-refractivity contribution in [2.75, 3.05) is 11.4 Å². The number of nitrogens with zero attached hydrogens (tertiary/aromatic N) is 1. The van der Waals surface area contributed by atoms with Gasteiger partial charge in [0.2, 0.25) is 5.91 Å². The van der Waals surface area contributed by atoms with Crippen LogP contribution in [0.1, 0.15) is 23.1 Å². The number of aryl methyl sites for hydroxylation is 2. The van der Waals surface area contributed by atoms with Crippen molar-refractivity contribution in [3.05, 3.63) is 65.2 Å². The summed E-state index contributed by atoms with van der Waals surface area (Å²) in [5, 5.41) is 0. The molecule has 114 valence electrons. The number of fused-ring (bicyclic) bond motifs is 1. The van der Waals surface area contributed by atoms with Gasteiger partial charge in [0.15, 0.2) is 0 Å². The molecule has 1 unspecified atom stereocenters. The van der Waals surface area contributed by atoms with Crippen molar-refractivity contribution >= 4 is 11.6 Å². The van der Waals surface area contributed by atoms with Crippen LogP contribution in [-0.4, -0.2) is 18.5 Å². The van der Waals surface area contributed by atoms with E-state index in [9.17, 15) is 4.79 Å². The molecular weight excluding hydrogens is 272 g/mol. The summed E-state index contributed by atoms with van der Waals surface area (Å²) in [5.74, 6) is 0.158. The van der Waals surface area contributed by atoms with Crippen LogP contribution < -0.4 is 10.6 Å². The van der Waals surface area contributed by atoms with E-state index in [-0.39, 0.29) is 11.9 Å². The molecule has 2 aromatic carbocycles. The highest BCUT2D eigenvalue weighted by atomic mass is 16.2. The minimum Gasteiger partial charge on any atom is -0.326 e. The van der Waals surface area contributed by atoms with Crippen LogP contribution in [-0.2, 0) is 17.6 Å². The summed E-state index contributed by atoms with van der Waals surface area (Å²) >= 11 is 0. The van der Waals surface area contributed by atoms with Gasteiger partial charge in [-0.25, -0.2) is 0 Å². The largest absolute Gasteiger partial charge is 0.326 e. The Hall–Kier alpha value is -2.13. The SMILES string of the molecule is Cc1ccccc1CCC(=O)N1CC(N)Cc2ccccc21. The van der Waals surface area contributed by atoms with Crippen LogP contribution in [0.4, 0.5) is 5.69 Å². The van der Waals surface area contributed by atoms with Crippen molar-refractivity contribution in [2.24, 2.45) is 5.73 Å². The van der Waals surface area contributed by atoms with E-state index in [1.807, 2.05) is 35.2 Å². The topological polar surface area (TPSA) is 46.3 Å². The Balaban J connectivity index is 1.74. The fourth-order valence-electron chi connectivity index (χ4n) is 3.13. The molecule has 1 atom stereocenters. The first-order valence-corrected chi connectivity index (χ1v) is 7.83. The Morgan fingerprint density at radius 1 is 1.18 bits per heavy atom. The molecule has 0 saturated carbocycles. The predicted molar refractivity (Wildman–Crippen MR) is 90.0 cm³/mol. The third-order valence-electron chi connectivity index (χ3n) is 4.35. The highest BCUT2D eigenvalue weighted by Gasteiger charge is 2.25. The van der Waals surface area contributed by atoms with E-state index < -0.39 is 0 Å². The third kappa shape index (κ3) is 3.04. The lowest BCUT2D eigenvalue weighted by Gasteiger charge is -2.33. The zero-order valence-corrected chi connectivity index (χ0v) is 13.0. The molecule has 1 heterocycles. The number of hydrogen-bond acceptors (Lipinski definition) is 2. The van der Waals surface area contributed by atoms with Crippen molar-refractivity contribution in [3.8, 4) is 0 Å². The predicted octanol–water partition coefficient (Wildman–Crippen LogP) is 2.84. The van der Waals surface area contributed by atoms with Gasteiger partial charge >= 0.3 is 0 Å². The number of benzene rings is 2. The number of para-hydroxylation sites is 1. The summed E-state index contributed by atoms with van der Waals surface area (Å²) in [6, 6.07) is 16.3. The van der Waals surface area contributed by atoms with Gasteiger partial charge in [-0.3, -0.25) is 4.79 Å². The number of carbonyl (C=O) groups is 1. The monoisotopic (exact) mass is 294 g/mol. The smallest absolute Gasteiger partial charge is 0.227 e. The van der Waals surface area contributed by atoms with Crippen LogP contribution in [0.3, 0.4) is 0 Å².